The predicted molar refractivity (Wildman–Crippen MR) is 104 cm³/mol. The summed E-state index contributed by atoms with van der Waals surface area (Å²) < 4.78 is 5.09. The number of carbonyl (C=O) groups excluding carboxylic acids is 1. The summed E-state index contributed by atoms with van der Waals surface area (Å²) >= 11 is 0. The van der Waals surface area contributed by atoms with Gasteiger partial charge < -0.3 is 19.9 Å². The Morgan fingerprint density at radius 1 is 1.15 bits per heavy atom. The molecule has 1 aromatic rings. The van der Waals surface area contributed by atoms with Crippen LogP contribution in [0, 0.1) is 0 Å². The molecule has 6 nitrogen and oxygen atoms in total. The van der Waals surface area contributed by atoms with Crippen molar-refractivity contribution in [3.05, 3.63) is 35.9 Å². The van der Waals surface area contributed by atoms with Crippen LogP contribution < -0.4 is 5.32 Å². The van der Waals surface area contributed by atoms with Crippen LogP contribution in [-0.2, 0) is 10.2 Å². The normalized spacial score (nSPS) is 19.7. The molecule has 142 valence electrons. The van der Waals surface area contributed by atoms with Crippen molar-refractivity contribution < 1.29 is 9.53 Å². The van der Waals surface area contributed by atoms with Crippen LogP contribution in [0.15, 0.2) is 35.3 Å². The monoisotopic (exact) mass is 358 g/mol. The number of benzene rings is 1. The van der Waals surface area contributed by atoms with Gasteiger partial charge in [0.05, 0.1) is 6.61 Å². The summed E-state index contributed by atoms with van der Waals surface area (Å²) in [7, 11) is 1.83. The molecule has 0 unspecified atom stereocenters. The molecule has 1 amide bonds. The van der Waals surface area contributed by atoms with E-state index >= 15 is 0 Å². The SMILES string of the molecule is CCOC(=O)N1CCN(C(=NC)NCC2(c3ccccc3)CCC2)CC1. The Labute approximate surface area is 156 Å². The Hall–Kier alpha value is -2.24. The van der Waals surface area contributed by atoms with Gasteiger partial charge in [-0.05, 0) is 25.3 Å². The highest BCUT2D eigenvalue weighted by molar-refractivity contribution is 5.80. The van der Waals surface area contributed by atoms with Gasteiger partial charge in [0.15, 0.2) is 5.96 Å². The summed E-state index contributed by atoms with van der Waals surface area (Å²) in [5.74, 6) is 0.927. The summed E-state index contributed by atoms with van der Waals surface area (Å²) in [4.78, 5) is 20.3. The molecule has 1 aliphatic carbocycles. The van der Waals surface area contributed by atoms with Gasteiger partial charge >= 0.3 is 6.09 Å². The Morgan fingerprint density at radius 2 is 1.81 bits per heavy atom. The molecule has 1 saturated heterocycles. The zero-order chi connectivity index (χ0) is 18.4. The minimum Gasteiger partial charge on any atom is -0.450 e. The van der Waals surface area contributed by atoms with Gasteiger partial charge in [-0.15, -0.1) is 0 Å². The lowest BCUT2D eigenvalue weighted by atomic mass is 9.64. The van der Waals surface area contributed by atoms with Gasteiger partial charge in [0.2, 0.25) is 0 Å². The van der Waals surface area contributed by atoms with Crippen LogP contribution in [0.3, 0.4) is 0 Å². The molecule has 0 atom stereocenters. The number of rotatable bonds is 4. The number of nitrogens with one attached hydrogen (secondary N) is 1. The quantitative estimate of drug-likeness (QED) is 0.664. The van der Waals surface area contributed by atoms with Crippen LogP contribution in [0.1, 0.15) is 31.7 Å². The summed E-state index contributed by atoms with van der Waals surface area (Å²) in [5, 5.41) is 3.59. The van der Waals surface area contributed by atoms with Crippen molar-refractivity contribution >= 4 is 12.1 Å². The fourth-order valence-corrected chi connectivity index (χ4v) is 3.86. The zero-order valence-corrected chi connectivity index (χ0v) is 15.9. The fourth-order valence-electron chi connectivity index (χ4n) is 3.86. The Morgan fingerprint density at radius 3 is 2.35 bits per heavy atom. The number of carbonyl (C=O) groups is 1. The van der Waals surface area contributed by atoms with Crippen molar-refractivity contribution in [2.75, 3.05) is 46.4 Å². The van der Waals surface area contributed by atoms with E-state index in [0.717, 1.165) is 25.6 Å². The van der Waals surface area contributed by atoms with Gasteiger partial charge in [-0.25, -0.2) is 4.79 Å². The van der Waals surface area contributed by atoms with Gasteiger partial charge in [0.1, 0.15) is 0 Å². The lowest BCUT2D eigenvalue weighted by Crippen LogP contribution is -2.56. The number of guanidine groups is 1. The molecule has 2 aliphatic rings. The van der Waals surface area contributed by atoms with Gasteiger partial charge in [0, 0.05) is 45.2 Å². The second-order valence-corrected chi connectivity index (χ2v) is 7.07. The number of piperazine rings is 1. The first-order valence-electron chi connectivity index (χ1n) is 9.61. The van der Waals surface area contributed by atoms with Gasteiger partial charge in [0.25, 0.3) is 0 Å². The Balaban J connectivity index is 1.55. The maximum atomic E-state index is 11.8. The first kappa shape index (κ1) is 18.5. The molecule has 1 heterocycles. The summed E-state index contributed by atoms with van der Waals surface area (Å²) in [6.07, 6.45) is 3.51. The maximum Gasteiger partial charge on any atom is 0.409 e. The van der Waals surface area contributed by atoms with Crippen LogP contribution in [0.2, 0.25) is 0 Å². The van der Waals surface area contributed by atoms with E-state index in [1.54, 1.807) is 4.90 Å². The van der Waals surface area contributed by atoms with Crippen LogP contribution in [0.5, 0.6) is 0 Å². The standard InChI is InChI=1S/C20H30N4O2/c1-3-26-19(25)24-14-12-23(13-15-24)18(21-2)22-16-20(10-7-11-20)17-8-5-4-6-9-17/h4-6,8-9H,3,7,10-16H2,1-2H3,(H,21,22). The lowest BCUT2D eigenvalue weighted by Gasteiger charge is -2.44. The third kappa shape index (κ3) is 3.94. The topological polar surface area (TPSA) is 57.2 Å². The van der Waals surface area contributed by atoms with E-state index in [2.05, 4.69) is 45.5 Å². The molecule has 6 heteroatoms. The molecule has 0 bridgehead atoms. The summed E-state index contributed by atoms with van der Waals surface area (Å²) in [5.41, 5.74) is 1.64. The molecule has 0 spiro atoms. The van der Waals surface area contributed by atoms with E-state index in [9.17, 15) is 4.79 Å². The third-order valence-electron chi connectivity index (χ3n) is 5.60. The molecule has 0 aromatic heterocycles. The molecule has 1 N–H and O–H groups in total. The molecule has 26 heavy (non-hydrogen) atoms. The smallest absolute Gasteiger partial charge is 0.409 e. The number of nitrogens with zero attached hydrogens (tertiary/aromatic N) is 3. The second-order valence-electron chi connectivity index (χ2n) is 7.07. The van der Waals surface area contributed by atoms with E-state index in [0.29, 0.717) is 19.7 Å². The fraction of sp³-hybridized carbons (Fsp3) is 0.600. The zero-order valence-electron chi connectivity index (χ0n) is 15.9. The van der Waals surface area contributed by atoms with E-state index in [1.807, 2.05) is 14.0 Å². The molecule has 0 radical (unpaired) electrons. The van der Waals surface area contributed by atoms with E-state index in [-0.39, 0.29) is 11.5 Å². The summed E-state index contributed by atoms with van der Waals surface area (Å²) in [6, 6.07) is 10.8. The van der Waals surface area contributed by atoms with Crippen molar-refractivity contribution in [3.63, 3.8) is 0 Å². The number of amides is 1. The van der Waals surface area contributed by atoms with Crippen LogP contribution in [0.4, 0.5) is 4.79 Å². The van der Waals surface area contributed by atoms with Crippen molar-refractivity contribution in [3.8, 4) is 0 Å². The molecule has 3 rings (SSSR count). The minimum absolute atomic E-state index is 0.215. The first-order valence-corrected chi connectivity index (χ1v) is 9.61. The third-order valence-corrected chi connectivity index (χ3v) is 5.60. The average molecular weight is 358 g/mol. The molecule has 1 aliphatic heterocycles. The molecule has 1 aromatic carbocycles. The van der Waals surface area contributed by atoms with Crippen molar-refractivity contribution in [1.82, 2.24) is 15.1 Å². The van der Waals surface area contributed by atoms with Crippen molar-refractivity contribution in [2.24, 2.45) is 4.99 Å². The van der Waals surface area contributed by atoms with Crippen LogP contribution in [0.25, 0.3) is 0 Å². The average Bonchev–Trinajstić information content (AvgIpc) is 2.65. The minimum atomic E-state index is -0.215. The predicted octanol–water partition coefficient (Wildman–Crippen LogP) is 2.46. The molecule has 2 fully saturated rings. The highest BCUT2D eigenvalue weighted by atomic mass is 16.6. The molecular formula is C20H30N4O2. The van der Waals surface area contributed by atoms with Crippen LogP contribution in [-0.4, -0.2) is 68.2 Å². The lowest BCUT2D eigenvalue weighted by molar-refractivity contribution is 0.0913. The molecule has 1 saturated carbocycles. The van der Waals surface area contributed by atoms with Crippen molar-refractivity contribution in [1.29, 1.82) is 0 Å². The largest absolute Gasteiger partial charge is 0.450 e. The highest BCUT2D eigenvalue weighted by Crippen LogP contribution is 2.43. The van der Waals surface area contributed by atoms with E-state index < -0.39 is 0 Å². The van der Waals surface area contributed by atoms with E-state index in [1.165, 1.54) is 24.8 Å². The number of aliphatic imine (C=N–C) groups is 1. The number of hydrogen-bond donors (Lipinski definition) is 1. The highest BCUT2D eigenvalue weighted by Gasteiger charge is 2.38. The second kappa shape index (κ2) is 8.43. The maximum absolute atomic E-state index is 11.8. The Bertz CT molecular complexity index is 620. The van der Waals surface area contributed by atoms with Gasteiger partial charge in [-0.2, -0.15) is 0 Å². The Kier molecular flexibility index (Phi) is 6.01. The van der Waals surface area contributed by atoms with Crippen molar-refractivity contribution in [2.45, 2.75) is 31.6 Å². The molecular weight excluding hydrogens is 328 g/mol. The van der Waals surface area contributed by atoms with Crippen LogP contribution >= 0.6 is 0 Å². The number of hydrogen-bond acceptors (Lipinski definition) is 3. The number of ether oxygens (including phenoxy) is 1. The first-order chi connectivity index (χ1) is 12.7. The van der Waals surface area contributed by atoms with Gasteiger partial charge in [-0.3, -0.25) is 4.99 Å². The summed E-state index contributed by atoms with van der Waals surface area (Å²) in [6.45, 7) is 6.05. The van der Waals surface area contributed by atoms with E-state index in [4.69, 9.17) is 4.74 Å². The van der Waals surface area contributed by atoms with Gasteiger partial charge in [-0.1, -0.05) is 36.8 Å².